The second-order valence-electron chi connectivity index (χ2n) is 10.1. The van der Waals surface area contributed by atoms with Gasteiger partial charge in [-0.3, -0.25) is 9.69 Å². The van der Waals surface area contributed by atoms with Crippen LogP contribution in [0.5, 0.6) is 0 Å². The first-order chi connectivity index (χ1) is 16.3. The molecule has 1 saturated heterocycles. The van der Waals surface area contributed by atoms with Gasteiger partial charge in [-0.25, -0.2) is 4.79 Å². The SMILES string of the molecule is C=CCc1[nH]c2cccc3c2c1C[C@@H]1C3C[C@@H](C(=O)N(CCCN(C)C)C(=O)NCC)CN1C. The van der Waals surface area contributed by atoms with E-state index >= 15 is 0 Å². The van der Waals surface area contributed by atoms with Crippen molar-refractivity contribution in [3.05, 3.63) is 47.7 Å². The zero-order chi connectivity index (χ0) is 24.4. The number of carbonyl (C=O) groups excluding carboxylic acids is 2. The fraction of sp³-hybridized carbons (Fsp3) is 0.556. The van der Waals surface area contributed by atoms with Crippen molar-refractivity contribution >= 4 is 22.8 Å². The molecular formula is C27H39N5O2. The van der Waals surface area contributed by atoms with Gasteiger partial charge in [-0.1, -0.05) is 18.2 Å². The second kappa shape index (κ2) is 10.3. The minimum absolute atomic E-state index is 0.0469. The largest absolute Gasteiger partial charge is 0.358 e. The maximum absolute atomic E-state index is 13.7. The van der Waals surface area contributed by atoms with Crippen LogP contribution in [0.4, 0.5) is 4.79 Å². The van der Waals surface area contributed by atoms with E-state index in [1.54, 1.807) is 0 Å². The summed E-state index contributed by atoms with van der Waals surface area (Å²) in [6.07, 6.45) is 5.31. The van der Waals surface area contributed by atoms with E-state index in [1.165, 1.54) is 32.6 Å². The lowest BCUT2D eigenvalue weighted by atomic mass is 9.71. The van der Waals surface area contributed by atoms with Crippen molar-refractivity contribution in [1.82, 2.24) is 25.0 Å². The number of aromatic nitrogens is 1. The van der Waals surface area contributed by atoms with Gasteiger partial charge in [0.2, 0.25) is 5.91 Å². The summed E-state index contributed by atoms with van der Waals surface area (Å²) >= 11 is 0. The van der Waals surface area contributed by atoms with Gasteiger partial charge in [-0.2, -0.15) is 0 Å². The zero-order valence-corrected chi connectivity index (χ0v) is 21.1. The third-order valence-electron chi connectivity index (χ3n) is 7.46. The number of nitrogens with zero attached hydrogens (tertiary/aromatic N) is 3. The van der Waals surface area contributed by atoms with Crippen LogP contribution in [-0.4, -0.2) is 85.0 Å². The fourth-order valence-corrected chi connectivity index (χ4v) is 5.93. The molecule has 0 bridgehead atoms. The molecule has 1 unspecified atom stereocenters. The number of imide groups is 1. The Labute approximate surface area is 203 Å². The van der Waals surface area contributed by atoms with Crippen LogP contribution in [0.15, 0.2) is 30.9 Å². The maximum Gasteiger partial charge on any atom is 0.324 e. The Bertz CT molecular complexity index is 1060. The van der Waals surface area contributed by atoms with E-state index in [-0.39, 0.29) is 23.8 Å². The molecule has 34 heavy (non-hydrogen) atoms. The van der Waals surface area contributed by atoms with E-state index in [4.69, 9.17) is 0 Å². The smallest absolute Gasteiger partial charge is 0.324 e. The number of likely N-dealkylation sites (N-methyl/N-ethyl adjacent to an activating group) is 1. The zero-order valence-electron chi connectivity index (χ0n) is 21.1. The summed E-state index contributed by atoms with van der Waals surface area (Å²) in [5.41, 5.74) is 5.16. The molecule has 2 aromatic rings. The standard InChI is InChI=1S/C27H39N5O2/c1-6-10-22-21-16-24-20(19-11-8-12-23(29-22)25(19)21)15-18(17-31(24)5)26(33)32(27(34)28-7-2)14-9-13-30(3)4/h6,8,11-12,18,20,24,29H,1,7,9-10,13-17H2,2-5H3,(H,28,34)/t18-,20?,24-/m1/s1. The molecule has 2 aliphatic rings. The van der Waals surface area contributed by atoms with Crippen molar-refractivity contribution in [2.45, 2.75) is 44.6 Å². The Balaban J connectivity index is 1.61. The van der Waals surface area contributed by atoms with Crippen LogP contribution in [0, 0.1) is 5.92 Å². The molecule has 0 spiro atoms. The number of H-pyrrole nitrogens is 1. The van der Waals surface area contributed by atoms with Gasteiger partial charge < -0.3 is 20.1 Å². The predicted molar refractivity (Wildman–Crippen MR) is 137 cm³/mol. The van der Waals surface area contributed by atoms with E-state index < -0.39 is 0 Å². The summed E-state index contributed by atoms with van der Waals surface area (Å²) in [6.45, 7) is 8.29. The van der Waals surface area contributed by atoms with E-state index in [2.05, 4.69) is 51.9 Å². The van der Waals surface area contributed by atoms with E-state index in [1.807, 2.05) is 27.1 Å². The molecule has 2 N–H and O–H groups in total. The first kappa shape index (κ1) is 24.5. The summed E-state index contributed by atoms with van der Waals surface area (Å²) in [5.74, 6) is 0.0279. The summed E-state index contributed by atoms with van der Waals surface area (Å²) in [7, 11) is 6.15. The van der Waals surface area contributed by atoms with Gasteiger partial charge in [0.1, 0.15) is 0 Å². The predicted octanol–water partition coefficient (Wildman–Crippen LogP) is 3.37. The van der Waals surface area contributed by atoms with Gasteiger partial charge in [0.05, 0.1) is 5.92 Å². The molecule has 7 heteroatoms. The quantitative estimate of drug-likeness (QED) is 0.587. The van der Waals surface area contributed by atoms with Crippen LogP contribution in [0.1, 0.15) is 42.5 Å². The lowest BCUT2D eigenvalue weighted by molar-refractivity contribution is -0.135. The Morgan fingerprint density at radius 2 is 2.09 bits per heavy atom. The normalized spacial score (nSPS) is 22.0. The first-order valence-corrected chi connectivity index (χ1v) is 12.5. The van der Waals surface area contributed by atoms with Gasteiger partial charge in [-0.15, -0.1) is 6.58 Å². The average molecular weight is 466 g/mol. The van der Waals surface area contributed by atoms with Crippen molar-refractivity contribution in [3.63, 3.8) is 0 Å². The van der Waals surface area contributed by atoms with Crippen LogP contribution in [-0.2, 0) is 17.6 Å². The van der Waals surface area contributed by atoms with Crippen LogP contribution < -0.4 is 5.32 Å². The van der Waals surface area contributed by atoms with E-state index in [9.17, 15) is 9.59 Å². The number of aromatic amines is 1. The number of urea groups is 1. The summed E-state index contributed by atoms with van der Waals surface area (Å²) in [4.78, 5) is 36.0. The number of hydrogen-bond acceptors (Lipinski definition) is 4. The highest BCUT2D eigenvalue weighted by Gasteiger charge is 2.43. The Morgan fingerprint density at radius 3 is 2.79 bits per heavy atom. The number of allylic oxidation sites excluding steroid dienone is 1. The molecule has 3 amide bonds. The minimum atomic E-state index is -0.274. The Hall–Kier alpha value is -2.64. The summed E-state index contributed by atoms with van der Waals surface area (Å²) in [5, 5.41) is 4.17. The monoisotopic (exact) mass is 465 g/mol. The molecule has 4 rings (SSSR count). The molecule has 1 aromatic carbocycles. The second-order valence-corrected chi connectivity index (χ2v) is 10.1. The third kappa shape index (κ3) is 4.64. The highest BCUT2D eigenvalue weighted by Crippen LogP contribution is 2.45. The number of carbonyl (C=O) groups is 2. The molecule has 2 heterocycles. The van der Waals surface area contributed by atoms with E-state index in [0.29, 0.717) is 25.7 Å². The molecular weight excluding hydrogens is 426 g/mol. The van der Waals surface area contributed by atoms with Gasteiger partial charge in [0.15, 0.2) is 0 Å². The van der Waals surface area contributed by atoms with Crippen LogP contribution in [0.25, 0.3) is 10.9 Å². The molecule has 1 fully saturated rings. The van der Waals surface area contributed by atoms with Crippen molar-refractivity contribution < 1.29 is 9.59 Å². The third-order valence-corrected chi connectivity index (χ3v) is 7.46. The first-order valence-electron chi connectivity index (χ1n) is 12.5. The molecule has 1 aliphatic heterocycles. The molecule has 0 saturated carbocycles. The van der Waals surface area contributed by atoms with Crippen molar-refractivity contribution in [3.8, 4) is 0 Å². The number of hydrogen-bond donors (Lipinski definition) is 2. The number of benzene rings is 1. The number of rotatable bonds is 8. The Morgan fingerprint density at radius 1 is 1.29 bits per heavy atom. The minimum Gasteiger partial charge on any atom is -0.358 e. The highest BCUT2D eigenvalue weighted by molar-refractivity contribution is 5.96. The number of piperidine rings is 1. The van der Waals surface area contributed by atoms with Gasteiger partial charge >= 0.3 is 6.03 Å². The summed E-state index contributed by atoms with van der Waals surface area (Å²) < 4.78 is 0. The average Bonchev–Trinajstić information content (AvgIpc) is 3.15. The van der Waals surface area contributed by atoms with Crippen LogP contribution in [0.3, 0.4) is 0 Å². The highest BCUT2D eigenvalue weighted by atomic mass is 16.2. The van der Waals surface area contributed by atoms with Crippen LogP contribution >= 0.6 is 0 Å². The lowest BCUT2D eigenvalue weighted by Crippen LogP contribution is -2.54. The Kier molecular flexibility index (Phi) is 7.43. The number of amides is 3. The van der Waals surface area contributed by atoms with Gasteiger partial charge in [0, 0.05) is 54.6 Å². The molecule has 1 aromatic heterocycles. The lowest BCUT2D eigenvalue weighted by Gasteiger charge is -2.46. The molecule has 184 valence electrons. The fourth-order valence-electron chi connectivity index (χ4n) is 5.93. The molecule has 1 aliphatic carbocycles. The maximum atomic E-state index is 13.7. The van der Waals surface area contributed by atoms with Gasteiger partial charge in [-0.05, 0) is 71.1 Å². The number of fused-ring (bicyclic) bond motifs is 2. The van der Waals surface area contributed by atoms with Crippen molar-refractivity contribution in [2.24, 2.45) is 5.92 Å². The van der Waals surface area contributed by atoms with Crippen LogP contribution in [0.2, 0.25) is 0 Å². The molecule has 3 atom stereocenters. The van der Waals surface area contributed by atoms with Gasteiger partial charge in [0.25, 0.3) is 0 Å². The van der Waals surface area contributed by atoms with Crippen molar-refractivity contribution in [1.29, 1.82) is 0 Å². The van der Waals surface area contributed by atoms with Crippen molar-refractivity contribution in [2.75, 3.05) is 47.3 Å². The number of nitrogens with one attached hydrogen (secondary N) is 2. The topological polar surface area (TPSA) is 71.7 Å². The number of likely N-dealkylation sites (tertiary alicyclic amines) is 1. The summed E-state index contributed by atoms with van der Waals surface area (Å²) in [6, 6.07) is 6.57. The molecule has 7 nitrogen and oxygen atoms in total. The molecule has 0 radical (unpaired) electrons. The van der Waals surface area contributed by atoms with E-state index in [0.717, 1.165) is 32.2 Å².